The first-order valence-electron chi connectivity index (χ1n) is 9.52. The van der Waals surface area contributed by atoms with E-state index in [1.54, 1.807) is 7.11 Å². The van der Waals surface area contributed by atoms with Crippen molar-refractivity contribution in [3.05, 3.63) is 52.6 Å². The summed E-state index contributed by atoms with van der Waals surface area (Å²) in [6, 6.07) is 9.57. The maximum Gasteiger partial charge on any atom is 0.256 e. The number of ether oxygens (including phenoxy) is 1. The van der Waals surface area contributed by atoms with Gasteiger partial charge in [-0.1, -0.05) is 53.7 Å². The topological polar surface area (TPSA) is 58.6 Å². The molecule has 3 rings (SSSR count). The number of rotatable bonds is 2. The molecule has 0 bridgehead atoms. The van der Waals surface area contributed by atoms with Crippen LogP contribution in [0.3, 0.4) is 0 Å². The lowest BCUT2D eigenvalue weighted by Gasteiger charge is -2.28. The van der Waals surface area contributed by atoms with Crippen molar-refractivity contribution in [3.63, 3.8) is 0 Å². The first kappa shape index (κ1) is 20.0. The van der Waals surface area contributed by atoms with Crippen LogP contribution in [0.15, 0.2) is 30.3 Å². The van der Waals surface area contributed by atoms with Gasteiger partial charge in [0.1, 0.15) is 11.5 Å². The van der Waals surface area contributed by atoms with E-state index in [2.05, 4.69) is 46.9 Å². The normalized spacial score (nSPS) is 15.5. The molecule has 28 heavy (non-hydrogen) atoms. The van der Waals surface area contributed by atoms with E-state index in [-0.39, 0.29) is 16.7 Å². The minimum Gasteiger partial charge on any atom is -0.507 e. The van der Waals surface area contributed by atoms with Crippen LogP contribution in [0.1, 0.15) is 63.8 Å². The predicted molar refractivity (Wildman–Crippen MR) is 115 cm³/mol. The van der Waals surface area contributed by atoms with Crippen molar-refractivity contribution in [2.24, 2.45) is 0 Å². The molecular weight excluding hydrogens is 350 g/mol. The summed E-state index contributed by atoms with van der Waals surface area (Å²) in [5.74, 6) is 0.827. The van der Waals surface area contributed by atoms with Crippen molar-refractivity contribution in [2.75, 3.05) is 12.4 Å². The molecule has 4 heteroatoms. The summed E-state index contributed by atoms with van der Waals surface area (Å²) in [5.41, 5.74) is 4.31. The van der Waals surface area contributed by atoms with Crippen LogP contribution in [0, 0.1) is 0 Å². The molecule has 2 aromatic carbocycles. The van der Waals surface area contributed by atoms with Gasteiger partial charge in [-0.15, -0.1) is 0 Å². The van der Waals surface area contributed by atoms with Gasteiger partial charge in [0.25, 0.3) is 5.91 Å². The number of carbonyl (C=O) groups is 1. The van der Waals surface area contributed by atoms with Crippen molar-refractivity contribution < 1.29 is 14.6 Å². The third-order valence-electron chi connectivity index (χ3n) is 5.08. The molecule has 0 unspecified atom stereocenters. The molecule has 1 heterocycles. The number of para-hydroxylation sites is 1. The number of nitrogens with one attached hydrogen (secondary N) is 1. The van der Waals surface area contributed by atoms with Gasteiger partial charge < -0.3 is 15.2 Å². The smallest absolute Gasteiger partial charge is 0.256 e. The molecular formula is C24H29NO3. The number of aromatic hydroxyl groups is 1. The van der Waals surface area contributed by atoms with Crippen LogP contribution in [0.2, 0.25) is 0 Å². The zero-order valence-electron chi connectivity index (χ0n) is 17.7. The van der Waals surface area contributed by atoms with Crippen molar-refractivity contribution >= 4 is 23.2 Å². The zero-order chi connectivity index (χ0) is 20.9. The number of carbonyl (C=O) groups excluding carboxylic acids is 1. The first-order valence-corrected chi connectivity index (χ1v) is 9.52. The third kappa shape index (κ3) is 3.51. The number of methoxy groups -OCH3 is 1. The Hall–Kier alpha value is -2.75. The maximum atomic E-state index is 12.7. The Morgan fingerprint density at radius 1 is 1.00 bits per heavy atom. The van der Waals surface area contributed by atoms with Crippen LogP contribution < -0.4 is 10.1 Å². The van der Waals surface area contributed by atoms with E-state index in [9.17, 15) is 9.90 Å². The number of anilines is 1. The fourth-order valence-electron chi connectivity index (χ4n) is 3.55. The fraction of sp³-hybridized carbons (Fsp3) is 0.375. The molecule has 0 spiro atoms. The quantitative estimate of drug-likeness (QED) is 0.679. The summed E-state index contributed by atoms with van der Waals surface area (Å²) >= 11 is 0. The van der Waals surface area contributed by atoms with Crippen LogP contribution in [0.25, 0.3) is 11.6 Å². The molecule has 0 saturated heterocycles. The van der Waals surface area contributed by atoms with E-state index in [0.29, 0.717) is 22.8 Å². The van der Waals surface area contributed by atoms with Gasteiger partial charge in [0.05, 0.1) is 12.8 Å². The lowest BCUT2D eigenvalue weighted by Crippen LogP contribution is -2.17. The Bertz CT molecular complexity index is 937. The minimum atomic E-state index is -0.225. The molecule has 0 fully saturated rings. The van der Waals surface area contributed by atoms with Gasteiger partial charge in [-0.2, -0.15) is 0 Å². The van der Waals surface area contributed by atoms with Crippen LogP contribution in [0.4, 0.5) is 5.69 Å². The molecule has 2 aromatic rings. The second kappa shape index (κ2) is 6.69. The van der Waals surface area contributed by atoms with Crippen molar-refractivity contribution in [1.29, 1.82) is 0 Å². The number of phenolic OH excluding ortho intramolecular Hbond substituents is 1. The molecule has 0 aliphatic carbocycles. The Morgan fingerprint density at radius 3 is 2.07 bits per heavy atom. The minimum absolute atomic E-state index is 0.151. The van der Waals surface area contributed by atoms with Gasteiger partial charge in [0, 0.05) is 22.3 Å². The second-order valence-corrected chi connectivity index (χ2v) is 9.36. The molecule has 4 nitrogen and oxygen atoms in total. The Labute approximate surface area is 167 Å². The fourth-order valence-corrected chi connectivity index (χ4v) is 3.55. The summed E-state index contributed by atoms with van der Waals surface area (Å²) < 4.78 is 5.37. The third-order valence-corrected chi connectivity index (χ3v) is 5.08. The van der Waals surface area contributed by atoms with Crippen molar-refractivity contribution in [2.45, 2.75) is 52.4 Å². The summed E-state index contributed by atoms with van der Waals surface area (Å²) in [7, 11) is 1.59. The van der Waals surface area contributed by atoms with Gasteiger partial charge in [-0.05, 0) is 40.7 Å². The average molecular weight is 380 g/mol. The molecule has 0 saturated carbocycles. The van der Waals surface area contributed by atoms with E-state index in [1.165, 1.54) is 0 Å². The average Bonchev–Trinajstić information content (AvgIpc) is 2.90. The van der Waals surface area contributed by atoms with E-state index < -0.39 is 0 Å². The van der Waals surface area contributed by atoms with E-state index in [0.717, 1.165) is 22.3 Å². The second-order valence-electron chi connectivity index (χ2n) is 9.36. The Kier molecular flexibility index (Phi) is 4.78. The molecule has 1 aliphatic heterocycles. The number of hydrogen-bond donors (Lipinski definition) is 2. The highest BCUT2D eigenvalue weighted by molar-refractivity contribution is 6.35. The number of hydrogen-bond acceptors (Lipinski definition) is 3. The monoisotopic (exact) mass is 379 g/mol. The van der Waals surface area contributed by atoms with Crippen molar-refractivity contribution in [1.82, 2.24) is 0 Å². The summed E-state index contributed by atoms with van der Waals surface area (Å²) in [5, 5.41) is 13.8. The molecule has 0 atom stereocenters. The van der Waals surface area contributed by atoms with E-state index >= 15 is 0 Å². The summed E-state index contributed by atoms with van der Waals surface area (Å²) in [4.78, 5) is 12.7. The highest BCUT2D eigenvalue weighted by atomic mass is 16.5. The zero-order valence-corrected chi connectivity index (χ0v) is 17.7. The first-order chi connectivity index (χ1) is 12.9. The SMILES string of the molecule is COc1cccc2c1NC(=O)C2=Cc1cc(C(C)(C)C)c(O)c(C(C)(C)C)c1. The number of fused-ring (bicyclic) bond motifs is 1. The maximum absolute atomic E-state index is 12.7. The summed E-state index contributed by atoms with van der Waals surface area (Å²) in [6.45, 7) is 12.5. The highest BCUT2D eigenvalue weighted by Crippen LogP contribution is 2.42. The molecule has 1 aliphatic rings. The number of amides is 1. The lowest BCUT2D eigenvalue weighted by molar-refractivity contribution is -0.110. The van der Waals surface area contributed by atoms with E-state index in [4.69, 9.17) is 4.74 Å². The Morgan fingerprint density at radius 2 is 1.57 bits per heavy atom. The van der Waals surface area contributed by atoms with Gasteiger partial charge in [0.2, 0.25) is 0 Å². The number of benzene rings is 2. The molecule has 0 radical (unpaired) electrons. The molecule has 0 aromatic heterocycles. The summed E-state index contributed by atoms with van der Waals surface area (Å²) in [6.07, 6.45) is 1.89. The largest absolute Gasteiger partial charge is 0.507 e. The van der Waals surface area contributed by atoms with Gasteiger partial charge in [-0.25, -0.2) is 0 Å². The van der Waals surface area contributed by atoms with Gasteiger partial charge >= 0.3 is 0 Å². The highest BCUT2D eigenvalue weighted by Gasteiger charge is 2.29. The molecule has 1 amide bonds. The van der Waals surface area contributed by atoms with E-state index in [1.807, 2.05) is 36.4 Å². The van der Waals surface area contributed by atoms with Crippen LogP contribution in [-0.2, 0) is 15.6 Å². The van der Waals surface area contributed by atoms with Crippen LogP contribution in [-0.4, -0.2) is 18.1 Å². The van der Waals surface area contributed by atoms with Crippen molar-refractivity contribution in [3.8, 4) is 11.5 Å². The number of phenols is 1. The Balaban J connectivity index is 2.22. The standard InChI is InChI=1S/C24H29NO3/c1-23(2,3)17-12-14(13-18(21(17)26)24(4,5)6)11-16-15-9-8-10-19(28-7)20(15)25-22(16)27/h8-13,26H,1-7H3,(H,25,27). The van der Waals surface area contributed by atoms with Gasteiger partial charge in [0.15, 0.2) is 0 Å². The predicted octanol–water partition coefficient (Wildman–Crippen LogP) is 5.49. The molecule has 2 N–H and O–H groups in total. The van der Waals surface area contributed by atoms with Crippen LogP contribution >= 0.6 is 0 Å². The van der Waals surface area contributed by atoms with Gasteiger partial charge in [-0.3, -0.25) is 4.79 Å². The van der Waals surface area contributed by atoms with Crippen LogP contribution in [0.5, 0.6) is 11.5 Å². The lowest BCUT2D eigenvalue weighted by atomic mass is 9.78. The molecule has 148 valence electrons.